The molecular weight excluding hydrogens is 516 g/mol. The molecule has 2 N–H and O–H groups in total. The third kappa shape index (κ3) is 4.12. The molecule has 0 aliphatic carbocycles. The maximum atomic E-state index is 6.05. The summed E-state index contributed by atoms with van der Waals surface area (Å²) in [4.78, 5) is 15.4. The zero-order valence-corrected chi connectivity index (χ0v) is 23.6. The van der Waals surface area contributed by atoms with Gasteiger partial charge in [0.05, 0.1) is 36.0 Å². The van der Waals surface area contributed by atoms with E-state index in [1.807, 2.05) is 45.0 Å². The van der Waals surface area contributed by atoms with E-state index in [0.29, 0.717) is 18.2 Å². The summed E-state index contributed by atoms with van der Waals surface area (Å²) >= 11 is 0. The van der Waals surface area contributed by atoms with Crippen molar-refractivity contribution in [2.75, 3.05) is 37.5 Å². The number of aromatic nitrogens is 4. The Morgan fingerprint density at radius 3 is 2.59 bits per heavy atom. The molecule has 4 heterocycles. The Hall–Kier alpha value is -5.05. The van der Waals surface area contributed by atoms with Crippen molar-refractivity contribution >= 4 is 39.1 Å². The van der Waals surface area contributed by atoms with Gasteiger partial charge in [-0.2, -0.15) is 0 Å². The first-order chi connectivity index (χ1) is 19.9. The minimum Gasteiger partial charge on any atom is -0.496 e. The van der Waals surface area contributed by atoms with Crippen LogP contribution in [0.5, 0.6) is 11.5 Å². The number of ether oxygens (including phenoxy) is 2. The van der Waals surface area contributed by atoms with Crippen LogP contribution in [0.3, 0.4) is 0 Å². The molecule has 3 aromatic carbocycles. The lowest BCUT2D eigenvalue weighted by Crippen LogP contribution is -2.28. The fourth-order valence-corrected chi connectivity index (χ4v) is 5.74. The van der Waals surface area contributed by atoms with E-state index < -0.39 is 0 Å². The highest BCUT2D eigenvalue weighted by Gasteiger charge is 2.23. The molecule has 0 amide bonds. The molecule has 0 atom stereocenters. The minimum atomic E-state index is 0.656. The summed E-state index contributed by atoms with van der Waals surface area (Å²) in [6.45, 7) is 7.22. The van der Waals surface area contributed by atoms with Gasteiger partial charge in [-0.25, -0.2) is 9.97 Å². The molecule has 9 nitrogen and oxygen atoms in total. The Bertz CT molecular complexity index is 1920. The van der Waals surface area contributed by atoms with Crippen LogP contribution in [0.15, 0.2) is 59.1 Å². The number of H-pyrrole nitrogens is 1. The van der Waals surface area contributed by atoms with Gasteiger partial charge in [0.15, 0.2) is 0 Å². The van der Waals surface area contributed by atoms with Gasteiger partial charge in [-0.3, -0.25) is 0 Å². The van der Waals surface area contributed by atoms with Crippen LogP contribution in [0.4, 0.5) is 17.2 Å². The normalized spacial score (nSPS) is 13.0. The second-order valence-electron chi connectivity index (χ2n) is 10.4. The number of aromatic amines is 1. The van der Waals surface area contributed by atoms with E-state index in [-0.39, 0.29) is 0 Å². The number of likely N-dealkylation sites (N-methyl/N-ethyl adjacent to an activating group) is 1. The van der Waals surface area contributed by atoms with Crippen LogP contribution >= 0.6 is 0 Å². The van der Waals surface area contributed by atoms with E-state index in [0.717, 1.165) is 85.1 Å². The molecular formula is C32H30N6O3. The maximum Gasteiger partial charge on any atom is 0.144 e. The second kappa shape index (κ2) is 9.55. The summed E-state index contributed by atoms with van der Waals surface area (Å²) < 4.78 is 17.4. The first kappa shape index (κ1) is 25.0. The van der Waals surface area contributed by atoms with Gasteiger partial charge in [-0.05, 0) is 50.6 Å². The first-order valence-corrected chi connectivity index (χ1v) is 13.6. The number of nitrogens with one attached hydrogen (secondary N) is 2. The fourth-order valence-electron chi connectivity index (χ4n) is 5.74. The number of anilines is 3. The van der Waals surface area contributed by atoms with Crippen LogP contribution in [-0.4, -0.2) is 47.4 Å². The molecule has 1 aliphatic rings. The lowest BCUT2D eigenvalue weighted by atomic mass is 10.0. The highest BCUT2D eigenvalue weighted by atomic mass is 16.5. The van der Waals surface area contributed by atoms with Crippen molar-refractivity contribution in [3.63, 3.8) is 0 Å². The summed E-state index contributed by atoms with van der Waals surface area (Å²) in [5.41, 5.74) is 8.38. The molecule has 0 saturated heterocycles. The van der Waals surface area contributed by atoms with Crippen molar-refractivity contribution in [1.29, 1.82) is 0 Å². The quantitative estimate of drug-likeness (QED) is 0.240. The number of rotatable bonds is 5. The second-order valence-corrected chi connectivity index (χ2v) is 10.4. The highest BCUT2D eigenvalue weighted by Crippen LogP contribution is 2.44. The number of methoxy groups -OCH3 is 1. The third-order valence-corrected chi connectivity index (χ3v) is 7.72. The highest BCUT2D eigenvalue weighted by molar-refractivity contribution is 6.13. The lowest BCUT2D eigenvalue weighted by molar-refractivity contribution is 0.311. The van der Waals surface area contributed by atoms with E-state index in [2.05, 4.69) is 57.7 Å². The number of nitrogens with zero attached hydrogens (tertiary/aromatic N) is 4. The number of hydrogen-bond donors (Lipinski definition) is 2. The standard InChI is InChI=1S/C32H30N6O3/c1-17-29(18(2)41-37-17)23-13-24-22(15-27(23)39-5)30-31(35-24)33-19(3)34-32(30)36-25-16-26-28(40-12-11-38(26)4)14-21(25)20-9-7-6-8-10-20/h6-10,13-16H,11-12H2,1-5H3,(H2,33,34,35,36). The van der Waals surface area contributed by atoms with Crippen molar-refractivity contribution in [2.45, 2.75) is 20.8 Å². The van der Waals surface area contributed by atoms with Crippen molar-refractivity contribution in [1.82, 2.24) is 20.1 Å². The smallest absolute Gasteiger partial charge is 0.144 e. The number of fused-ring (bicyclic) bond motifs is 4. The number of aryl methyl sites for hydroxylation is 3. The predicted molar refractivity (Wildman–Crippen MR) is 162 cm³/mol. The van der Waals surface area contributed by atoms with Crippen LogP contribution in [0.2, 0.25) is 0 Å². The molecule has 3 aromatic heterocycles. The average molecular weight is 547 g/mol. The summed E-state index contributed by atoms with van der Waals surface area (Å²) in [5.74, 6) is 3.70. The molecule has 1 aliphatic heterocycles. The monoisotopic (exact) mass is 546 g/mol. The Labute approximate surface area is 237 Å². The molecule has 0 radical (unpaired) electrons. The molecule has 6 aromatic rings. The van der Waals surface area contributed by atoms with Gasteiger partial charge in [0.2, 0.25) is 0 Å². The zero-order chi connectivity index (χ0) is 28.2. The first-order valence-electron chi connectivity index (χ1n) is 13.6. The van der Waals surface area contributed by atoms with Gasteiger partial charge in [0.1, 0.15) is 41.2 Å². The van der Waals surface area contributed by atoms with Gasteiger partial charge in [-0.1, -0.05) is 35.5 Å². The largest absolute Gasteiger partial charge is 0.496 e. The van der Waals surface area contributed by atoms with Gasteiger partial charge in [-0.15, -0.1) is 0 Å². The van der Waals surface area contributed by atoms with E-state index >= 15 is 0 Å². The average Bonchev–Trinajstić information content (AvgIpc) is 3.50. The zero-order valence-electron chi connectivity index (χ0n) is 23.6. The van der Waals surface area contributed by atoms with Crippen molar-refractivity contribution in [3.05, 3.63) is 71.9 Å². The Balaban J connectivity index is 1.44. The maximum absolute atomic E-state index is 6.05. The van der Waals surface area contributed by atoms with Gasteiger partial charge < -0.3 is 29.2 Å². The molecule has 0 spiro atoms. The third-order valence-electron chi connectivity index (χ3n) is 7.72. The van der Waals surface area contributed by atoms with Crippen molar-refractivity contribution in [2.24, 2.45) is 0 Å². The van der Waals surface area contributed by atoms with Crippen LogP contribution < -0.4 is 19.7 Å². The molecule has 0 unspecified atom stereocenters. The van der Waals surface area contributed by atoms with E-state index in [1.165, 1.54) is 0 Å². The van der Waals surface area contributed by atoms with E-state index in [1.54, 1.807) is 7.11 Å². The Morgan fingerprint density at radius 1 is 1.00 bits per heavy atom. The molecule has 0 bridgehead atoms. The molecule has 0 saturated carbocycles. The van der Waals surface area contributed by atoms with E-state index in [4.69, 9.17) is 24.0 Å². The topological polar surface area (TPSA) is 101 Å². The Morgan fingerprint density at radius 2 is 1.83 bits per heavy atom. The van der Waals surface area contributed by atoms with Gasteiger partial charge in [0.25, 0.3) is 0 Å². The molecule has 41 heavy (non-hydrogen) atoms. The van der Waals surface area contributed by atoms with Crippen molar-refractivity contribution in [3.8, 4) is 33.8 Å². The fraction of sp³-hybridized carbons (Fsp3) is 0.219. The van der Waals surface area contributed by atoms with Crippen LogP contribution in [0, 0.1) is 20.8 Å². The lowest BCUT2D eigenvalue weighted by Gasteiger charge is -2.29. The molecule has 7 rings (SSSR count). The van der Waals surface area contributed by atoms with Crippen LogP contribution in [-0.2, 0) is 0 Å². The van der Waals surface area contributed by atoms with Crippen molar-refractivity contribution < 1.29 is 14.0 Å². The van der Waals surface area contributed by atoms with Gasteiger partial charge in [0, 0.05) is 34.8 Å². The van der Waals surface area contributed by atoms with Gasteiger partial charge >= 0.3 is 0 Å². The number of benzene rings is 3. The summed E-state index contributed by atoms with van der Waals surface area (Å²) in [6, 6.07) is 18.7. The number of hydrogen-bond acceptors (Lipinski definition) is 8. The molecule has 0 fully saturated rings. The minimum absolute atomic E-state index is 0.656. The SMILES string of the molecule is COc1cc2c(cc1-c1c(C)noc1C)[nH]c1nc(C)nc(Nc3cc4c(cc3-c3ccccc3)OCCN4C)c12. The Kier molecular flexibility index (Phi) is 5.81. The summed E-state index contributed by atoms with van der Waals surface area (Å²) in [6.07, 6.45) is 0. The predicted octanol–water partition coefficient (Wildman–Crippen LogP) is 6.94. The van der Waals surface area contributed by atoms with Crippen LogP contribution in [0.1, 0.15) is 17.3 Å². The molecule has 206 valence electrons. The summed E-state index contributed by atoms with van der Waals surface area (Å²) in [5, 5.41) is 9.67. The molecule has 9 heteroatoms. The van der Waals surface area contributed by atoms with Crippen LogP contribution in [0.25, 0.3) is 44.2 Å². The summed E-state index contributed by atoms with van der Waals surface area (Å²) in [7, 11) is 3.76. The van der Waals surface area contributed by atoms with E-state index in [9.17, 15) is 0 Å².